The van der Waals surface area contributed by atoms with Crippen molar-refractivity contribution >= 4 is 17.7 Å². The van der Waals surface area contributed by atoms with Gasteiger partial charge in [0.25, 0.3) is 0 Å². The van der Waals surface area contributed by atoms with Gasteiger partial charge in [0.1, 0.15) is 11.9 Å². The van der Waals surface area contributed by atoms with Crippen molar-refractivity contribution < 1.29 is 19.1 Å². The largest absolute Gasteiger partial charge is 0.480 e. The van der Waals surface area contributed by atoms with Crippen LogP contribution < -0.4 is 4.90 Å². The number of nitrogens with zero attached hydrogens (tertiary/aromatic N) is 2. The molecule has 0 spiro atoms. The average Bonchev–Trinajstić information content (AvgIpc) is 2.91. The first kappa shape index (κ1) is 14.3. The second-order valence-electron chi connectivity index (χ2n) is 4.67. The van der Waals surface area contributed by atoms with Crippen molar-refractivity contribution in [3.8, 4) is 0 Å². The summed E-state index contributed by atoms with van der Waals surface area (Å²) in [6.07, 6.45) is 1.09. The van der Waals surface area contributed by atoms with E-state index >= 15 is 0 Å². The molecule has 108 valence electrons. The molecule has 1 saturated heterocycles. The highest BCUT2D eigenvalue weighted by atomic mass is 19.1. The Balaban J connectivity index is 2.26. The fraction of sp³-hybridized carbons (Fsp3) is 0.429. The van der Waals surface area contributed by atoms with Crippen molar-refractivity contribution in [2.24, 2.45) is 0 Å². The van der Waals surface area contributed by atoms with Crippen LogP contribution in [0.5, 0.6) is 0 Å². The highest BCUT2D eigenvalue weighted by Crippen LogP contribution is 2.24. The highest BCUT2D eigenvalue weighted by Gasteiger charge is 2.36. The van der Waals surface area contributed by atoms with E-state index in [1.807, 2.05) is 0 Å². The molecule has 1 N–H and O–H groups in total. The van der Waals surface area contributed by atoms with E-state index < -0.39 is 23.9 Å². The Morgan fingerprint density at radius 1 is 1.45 bits per heavy atom. The number of anilines is 1. The first-order chi connectivity index (χ1) is 9.56. The summed E-state index contributed by atoms with van der Waals surface area (Å²) >= 11 is 0. The van der Waals surface area contributed by atoms with Crippen LogP contribution in [0.25, 0.3) is 0 Å². The van der Waals surface area contributed by atoms with Crippen molar-refractivity contribution in [2.45, 2.75) is 25.8 Å². The zero-order valence-corrected chi connectivity index (χ0v) is 11.3. The van der Waals surface area contributed by atoms with Crippen LogP contribution in [0, 0.1) is 5.82 Å². The van der Waals surface area contributed by atoms with Gasteiger partial charge in [-0.25, -0.2) is 14.0 Å². The van der Waals surface area contributed by atoms with Gasteiger partial charge in [0.2, 0.25) is 0 Å². The summed E-state index contributed by atoms with van der Waals surface area (Å²) in [6.45, 7) is 2.40. The topological polar surface area (TPSA) is 60.9 Å². The third-order valence-corrected chi connectivity index (χ3v) is 3.47. The lowest BCUT2D eigenvalue weighted by Gasteiger charge is -2.29. The lowest BCUT2D eigenvalue weighted by atomic mass is 10.2. The van der Waals surface area contributed by atoms with Crippen LogP contribution >= 0.6 is 0 Å². The summed E-state index contributed by atoms with van der Waals surface area (Å²) in [5.41, 5.74) is 0.177. The number of aliphatic carboxylic acids is 1. The molecule has 1 aromatic carbocycles. The number of carboxylic acids is 1. The number of likely N-dealkylation sites (tertiary alicyclic amines) is 1. The minimum absolute atomic E-state index is 0.177. The maximum absolute atomic E-state index is 13.8. The van der Waals surface area contributed by atoms with Gasteiger partial charge in [-0.15, -0.1) is 0 Å². The summed E-state index contributed by atoms with van der Waals surface area (Å²) in [4.78, 5) is 26.2. The van der Waals surface area contributed by atoms with Gasteiger partial charge in [0.15, 0.2) is 0 Å². The zero-order valence-electron chi connectivity index (χ0n) is 11.3. The zero-order chi connectivity index (χ0) is 14.7. The molecule has 1 aliphatic heterocycles. The predicted octanol–water partition coefficient (Wildman–Crippen LogP) is 2.32. The standard InChI is InChI=1S/C14H17FN2O3/c1-2-16(11-7-4-3-6-10(11)15)14(20)17-9-5-8-12(17)13(18)19/h3-4,6-7,12H,2,5,8-9H2,1H3,(H,18,19)/t12-/m0/s1. The van der Waals surface area contributed by atoms with Crippen LogP contribution in [0.1, 0.15) is 19.8 Å². The Morgan fingerprint density at radius 3 is 2.75 bits per heavy atom. The second-order valence-corrected chi connectivity index (χ2v) is 4.67. The van der Waals surface area contributed by atoms with E-state index in [0.29, 0.717) is 19.4 Å². The Hall–Kier alpha value is -2.11. The Kier molecular flexibility index (Phi) is 4.22. The third kappa shape index (κ3) is 2.59. The number of amides is 2. The highest BCUT2D eigenvalue weighted by molar-refractivity contribution is 5.94. The lowest BCUT2D eigenvalue weighted by Crippen LogP contribution is -2.48. The predicted molar refractivity (Wildman–Crippen MR) is 72.2 cm³/mol. The van der Waals surface area contributed by atoms with E-state index in [9.17, 15) is 14.0 Å². The number of carbonyl (C=O) groups excluding carboxylic acids is 1. The number of para-hydroxylation sites is 1. The van der Waals surface area contributed by atoms with Gasteiger partial charge in [-0.3, -0.25) is 4.90 Å². The molecule has 5 nitrogen and oxygen atoms in total. The van der Waals surface area contributed by atoms with E-state index in [2.05, 4.69) is 0 Å². The third-order valence-electron chi connectivity index (χ3n) is 3.47. The molecule has 0 unspecified atom stereocenters. The molecule has 0 bridgehead atoms. The van der Waals surface area contributed by atoms with Crippen LogP contribution in [0.3, 0.4) is 0 Å². The second kappa shape index (κ2) is 5.90. The van der Waals surface area contributed by atoms with E-state index in [-0.39, 0.29) is 12.2 Å². The summed E-state index contributed by atoms with van der Waals surface area (Å²) in [5.74, 6) is -1.51. The smallest absolute Gasteiger partial charge is 0.326 e. The number of carbonyl (C=O) groups is 2. The molecular weight excluding hydrogens is 263 g/mol. The molecule has 2 amide bonds. The van der Waals surface area contributed by atoms with Crippen LogP contribution in [-0.2, 0) is 4.79 Å². The van der Waals surface area contributed by atoms with E-state index in [4.69, 9.17) is 5.11 Å². The summed E-state index contributed by atoms with van der Waals surface area (Å²) < 4.78 is 13.8. The summed E-state index contributed by atoms with van der Waals surface area (Å²) in [6, 6.07) is 4.72. The number of benzene rings is 1. The molecule has 0 saturated carbocycles. The maximum Gasteiger partial charge on any atom is 0.326 e. The number of carboxylic acid groups (broad SMARTS) is 1. The summed E-state index contributed by atoms with van der Waals surface area (Å²) in [5, 5.41) is 9.13. The van der Waals surface area contributed by atoms with E-state index in [1.54, 1.807) is 19.1 Å². The van der Waals surface area contributed by atoms with Crippen molar-refractivity contribution in [1.29, 1.82) is 0 Å². The molecule has 2 rings (SSSR count). The molecule has 6 heteroatoms. The quantitative estimate of drug-likeness (QED) is 0.924. The molecule has 1 heterocycles. The SMILES string of the molecule is CCN(C(=O)N1CCC[C@H]1C(=O)O)c1ccccc1F. The van der Waals surface area contributed by atoms with E-state index in [0.717, 1.165) is 0 Å². The van der Waals surface area contributed by atoms with Gasteiger partial charge >= 0.3 is 12.0 Å². The molecule has 1 aliphatic rings. The molecule has 0 aliphatic carbocycles. The van der Waals surface area contributed by atoms with E-state index in [1.165, 1.54) is 21.9 Å². The Morgan fingerprint density at radius 2 is 2.15 bits per heavy atom. The molecule has 1 aromatic rings. The Labute approximate surface area is 116 Å². The minimum Gasteiger partial charge on any atom is -0.480 e. The average molecular weight is 280 g/mol. The van der Waals surface area contributed by atoms with Crippen LogP contribution in [0.2, 0.25) is 0 Å². The number of hydrogen-bond donors (Lipinski definition) is 1. The first-order valence-corrected chi connectivity index (χ1v) is 6.61. The fourth-order valence-corrected chi connectivity index (χ4v) is 2.49. The van der Waals surface area contributed by atoms with Crippen molar-refractivity contribution in [2.75, 3.05) is 18.0 Å². The molecular formula is C14H17FN2O3. The van der Waals surface area contributed by atoms with Crippen molar-refractivity contribution in [1.82, 2.24) is 4.90 Å². The van der Waals surface area contributed by atoms with Gasteiger partial charge < -0.3 is 10.0 Å². The molecule has 0 aromatic heterocycles. The molecule has 0 radical (unpaired) electrons. The van der Waals surface area contributed by atoms with Crippen molar-refractivity contribution in [3.63, 3.8) is 0 Å². The number of hydrogen-bond acceptors (Lipinski definition) is 2. The number of urea groups is 1. The van der Waals surface area contributed by atoms with Crippen LogP contribution in [0.15, 0.2) is 24.3 Å². The molecule has 1 atom stereocenters. The monoisotopic (exact) mass is 280 g/mol. The number of rotatable bonds is 3. The van der Waals surface area contributed by atoms with Crippen LogP contribution in [-0.4, -0.2) is 41.1 Å². The Bertz CT molecular complexity index is 521. The van der Waals surface area contributed by atoms with Gasteiger partial charge in [-0.1, -0.05) is 12.1 Å². The van der Waals surface area contributed by atoms with Crippen LogP contribution in [0.4, 0.5) is 14.9 Å². The molecule has 20 heavy (non-hydrogen) atoms. The van der Waals surface area contributed by atoms with Gasteiger partial charge in [0, 0.05) is 13.1 Å². The first-order valence-electron chi connectivity index (χ1n) is 6.61. The van der Waals surface area contributed by atoms with Gasteiger partial charge in [-0.2, -0.15) is 0 Å². The van der Waals surface area contributed by atoms with Gasteiger partial charge in [0.05, 0.1) is 5.69 Å². The maximum atomic E-state index is 13.8. The lowest BCUT2D eigenvalue weighted by molar-refractivity contribution is -0.141. The summed E-state index contributed by atoms with van der Waals surface area (Å²) in [7, 11) is 0. The minimum atomic E-state index is -1.01. The fourth-order valence-electron chi connectivity index (χ4n) is 2.49. The molecule has 1 fully saturated rings. The van der Waals surface area contributed by atoms with Gasteiger partial charge in [-0.05, 0) is 31.9 Å². The number of halogens is 1. The normalized spacial score (nSPS) is 18.1. The van der Waals surface area contributed by atoms with Crippen molar-refractivity contribution in [3.05, 3.63) is 30.1 Å².